The van der Waals surface area contributed by atoms with Gasteiger partial charge in [-0.2, -0.15) is 8.42 Å². The van der Waals surface area contributed by atoms with E-state index in [1.165, 1.54) is 28.9 Å². The topological polar surface area (TPSA) is 158 Å². The summed E-state index contributed by atoms with van der Waals surface area (Å²) in [5.74, 6) is 1.41. The van der Waals surface area contributed by atoms with Crippen molar-refractivity contribution < 1.29 is 27.5 Å². The van der Waals surface area contributed by atoms with E-state index in [-0.39, 0.29) is 33.4 Å². The zero-order chi connectivity index (χ0) is 37.7. The van der Waals surface area contributed by atoms with Crippen molar-refractivity contribution in [1.82, 2.24) is 29.4 Å². The number of hydrogen-bond acceptors (Lipinski definition) is 10. The van der Waals surface area contributed by atoms with E-state index >= 15 is 0 Å². The Morgan fingerprint density at radius 1 is 1.06 bits per heavy atom. The second-order valence-electron chi connectivity index (χ2n) is 15.3. The monoisotopic (exact) mass is 745 g/mol. The van der Waals surface area contributed by atoms with E-state index in [0.717, 1.165) is 19.3 Å². The van der Waals surface area contributed by atoms with Gasteiger partial charge in [0.2, 0.25) is 5.88 Å². The van der Waals surface area contributed by atoms with Crippen LogP contribution in [0.2, 0.25) is 5.15 Å². The summed E-state index contributed by atoms with van der Waals surface area (Å²) < 4.78 is 41.4. The van der Waals surface area contributed by atoms with Gasteiger partial charge in [-0.1, -0.05) is 45.4 Å². The van der Waals surface area contributed by atoms with Crippen molar-refractivity contribution in [1.29, 1.82) is 0 Å². The third-order valence-electron chi connectivity index (χ3n) is 8.96. The van der Waals surface area contributed by atoms with Crippen molar-refractivity contribution in [3.63, 3.8) is 0 Å². The molecule has 4 rings (SSSR count). The van der Waals surface area contributed by atoms with Gasteiger partial charge in [0, 0.05) is 30.4 Å². The number of likely N-dealkylation sites (tertiary alicyclic amines) is 1. The maximum Gasteiger partial charge on any atom is 0.410 e. The van der Waals surface area contributed by atoms with E-state index in [9.17, 15) is 18.0 Å². The minimum atomic E-state index is -4.35. The van der Waals surface area contributed by atoms with Crippen LogP contribution in [0, 0.1) is 17.8 Å². The van der Waals surface area contributed by atoms with Gasteiger partial charge in [-0.3, -0.25) is 4.79 Å². The average Bonchev–Trinajstić information content (AvgIpc) is 3.61. The maximum atomic E-state index is 13.2. The predicted octanol–water partition coefficient (Wildman–Crippen LogP) is 7.11. The van der Waals surface area contributed by atoms with E-state index in [0.29, 0.717) is 54.8 Å². The molecule has 1 unspecified atom stereocenters. The minimum Gasteiger partial charge on any atom is -0.476 e. The molecular weight excluding hydrogens is 694 g/mol. The molecule has 0 spiro atoms. The van der Waals surface area contributed by atoms with Gasteiger partial charge in [0.15, 0.2) is 10.8 Å². The van der Waals surface area contributed by atoms with Crippen LogP contribution in [0.25, 0.3) is 5.82 Å². The summed E-state index contributed by atoms with van der Waals surface area (Å²) in [6.45, 7) is 19.3. The van der Waals surface area contributed by atoms with Crippen LogP contribution in [0.4, 0.5) is 10.6 Å². The van der Waals surface area contributed by atoms with Crippen LogP contribution < -0.4 is 14.8 Å². The Hall–Kier alpha value is -3.91. The predicted molar refractivity (Wildman–Crippen MR) is 197 cm³/mol. The first-order valence-electron chi connectivity index (χ1n) is 17.4. The first-order chi connectivity index (χ1) is 23.8. The second kappa shape index (κ2) is 16.2. The number of ether oxygens (including phenoxy) is 2. The minimum absolute atomic E-state index is 0.0326. The molecule has 1 fully saturated rings. The zero-order valence-corrected chi connectivity index (χ0v) is 32.6. The smallest absolute Gasteiger partial charge is 0.410 e. The number of hydrogen-bond donors (Lipinski definition) is 2. The van der Waals surface area contributed by atoms with E-state index < -0.39 is 21.5 Å². The fourth-order valence-corrected chi connectivity index (χ4v) is 7.43. The van der Waals surface area contributed by atoms with Gasteiger partial charge in [-0.15, -0.1) is 5.10 Å². The van der Waals surface area contributed by atoms with Gasteiger partial charge in [-0.25, -0.2) is 24.2 Å². The third kappa shape index (κ3) is 10.6. The summed E-state index contributed by atoms with van der Waals surface area (Å²) in [5, 5.41) is 7.03. The van der Waals surface area contributed by atoms with Gasteiger partial charge in [-0.05, 0) is 102 Å². The molecule has 3 aromatic rings. The van der Waals surface area contributed by atoms with Crippen LogP contribution in [0.15, 0.2) is 47.6 Å². The maximum absolute atomic E-state index is 13.2. The summed E-state index contributed by atoms with van der Waals surface area (Å²) in [5.41, 5.74) is -1.02. The number of carbonyl (C=O) groups is 2. The van der Waals surface area contributed by atoms with Crippen molar-refractivity contribution in [3.8, 4) is 11.7 Å². The summed E-state index contributed by atoms with van der Waals surface area (Å²) >= 11 is 6.35. The highest BCUT2D eigenvalue weighted by atomic mass is 35.5. The molecule has 4 heterocycles. The van der Waals surface area contributed by atoms with Gasteiger partial charge in [0.05, 0.1) is 12.2 Å². The first kappa shape index (κ1) is 39.9. The molecule has 3 aromatic heterocycles. The van der Waals surface area contributed by atoms with E-state index in [4.69, 9.17) is 21.1 Å². The number of carbonyl (C=O) groups excluding carboxylic acids is 2. The molecule has 15 heteroatoms. The fraction of sp³-hybridized carbons (Fsp3) is 0.583. The Morgan fingerprint density at radius 2 is 1.76 bits per heavy atom. The number of anilines is 1. The number of aromatic nitrogens is 4. The zero-order valence-electron chi connectivity index (χ0n) is 31.1. The average molecular weight is 746 g/mol. The number of sulfonamides is 1. The molecule has 2 N–H and O–H groups in total. The number of nitrogens with zero attached hydrogens (tertiary/aromatic N) is 5. The summed E-state index contributed by atoms with van der Waals surface area (Å²) in [6.07, 6.45) is 4.55. The van der Waals surface area contributed by atoms with Crippen LogP contribution in [0.3, 0.4) is 0 Å². The van der Waals surface area contributed by atoms with E-state index in [2.05, 4.69) is 48.1 Å². The van der Waals surface area contributed by atoms with Crippen molar-refractivity contribution in [2.45, 2.75) is 110 Å². The molecule has 1 aliphatic heterocycles. The van der Waals surface area contributed by atoms with Crippen LogP contribution in [-0.2, 0) is 14.8 Å². The third-order valence-corrected chi connectivity index (χ3v) is 10.5. The summed E-state index contributed by atoms with van der Waals surface area (Å²) in [7, 11) is -4.35. The van der Waals surface area contributed by atoms with Crippen molar-refractivity contribution >= 4 is 39.4 Å². The highest BCUT2D eigenvalue weighted by Crippen LogP contribution is 2.36. The highest BCUT2D eigenvalue weighted by Gasteiger charge is 2.44. The van der Waals surface area contributed by atoms with Gasteiger partial charge < -0.3 is 19.7 Å². The molecule has 0 radical (unpaired) electrons. The van der Waals surface area contributed by atoms with Crippen LogP contribution >= 0.6 is 11.6 Å². The van der Waals surface area contributed by atoms with Crippen LogP contribution in [0.1, 0.15) is 98.4 Å². The highest BCUT2D eigenvalue weighted by molar-refractivity contribution is 7.90. The van der Waals surface area contributed by atoms with Gasteiger partial charge in [0.25, 0.3) is 15.9 Å². The number of halogens is 1. The lowest BCUT2D eigenvalue weighted by atomic mass is 9.86. The Morgan fingerprint density at radius 3 is 2.41 bits per heavy atom. The summed E-state index contributed by atoms with van der Waals surface area (Å²) in [4.78, 5) is 36.3. The van der Waals surface area contributed by atoms with Crippen molar-refractivity contribution in [2.75, 3.05) is 18.5 Å². The Labute approximate surface area is 306 Å². The van der Waals surface area contributed by atoms with E-state index in [1.54, 1.807) is 18.3 Å². The lowest BCUT2D eigenvalue weighted by molar-refractivity contribution is 0.00293. The van der Waals surface area contributed by atoms with Gasteiger partial charge >= 0.3 is 6.09 Å². The molecule has 2 amide bonds. The SMILES string of the molecule is CC(C)C(COc1ccn(-c2ccc(C(=O)NS(=O)(=O)c3cccc(NCCCC4CCC(C)(C)N4C(=O)OC(C)(C)C)n3)c(Cl)n2)n1)C(C)C. The molecule has 1 aliphatic rings. The van der Waals surface area contributed by atoms with Crippen LogP contribution in [-0.4, -0.2) is 75.4 Å². The molecule has 280 valence electrons. The molecule has 0 aliphatic carbocycles. The number of pyridine rings is 2. The van der Waals surface area contributed by atoms with Crippen LogP contribution in [0.5, 0.6) is 5.88 Å². The molecule has 1 atom stereocenters. The second-order valence-corrected chi connectivity index (χ2v) is 17.3. The number of rotatable bonds is 14. The fourth-order valence-electron chi connectivity index (χ4n) is 6.26. The Bertz CT molecular complexity index is 1780. The van der Waals surface area contributed by atoms with Gasteiger partial charge in [0.1, 0.15) is 16.6 Å². The van der Waals surface area contributed by atoms with Crippen molar-refractivity contribution in [3.05, 3.63) is 53.3 Å². The lowest BCUT2D eigenvalue weighted by Crippen LogP contribution is -2.49. The Balaban J connectivity index is 1.33. The largest absolute Gasteiger partial charge is 0.476 e. The van der Waals surface area contributed by atoms with Crippen molar-refractivity contribution in [2.24, 2.45) is 17.8 Å². The van der Waals surface area contributed by atoms with E-state index in [1.807, 2.05) is 44.2 Å². The molecule has 51 heavy (non-hydrogen) atoms. The quantitative estimate of drug-likeness (QED) is 0.129. The normalized spacial score (nSPS) is 16.2. The standard InChI is InChI=1S/C36H52ClN7O6S/c1-23(2)27(24(3)4)22-49-30-18-21-43(41-30)29-16-15-26(32(37)40-29)33(45)42-51(47,48)31-14-10-13-28(39-31)38-20-11-12-25-17-19-36(8,9)44(25)34(46)50-35(5,6)7/h10,13-16,18,21,23-25,27H,11-12,17,19-20,22H2,1-9H3,(H,38,39)(H,42,45). The molecule has 1 saturated heterocycles. The number of nitrogens with one attached hydrogen (secondary N) is 2. The summed E-state index contributed by atoms with van der Waals surface area (Å²) in [6, 6.07) is 9.12. The number of amides is 2. The molecule has 13 nitrogen and oxygen atoms in total. The molecule has 0 aromatic carbocycles. The molecular formula is C36H52ClN7O6S. The molecule has 0 bridgehead atoms. The Kier molecular flexibility index (Phi) is 12.7. The lowest BCUT2D eigenvalue weighted by Gasteiger charge is -2.37. The molecule has 0 saturated carbocycles. The first-order valence-corrected chi connectivity index (χ1v) is 19.3.